The summed E-state index contributed by atoms with van der Waals surface area (Å²) < 4.78 is 57.2. The lowest BCUT2D eigenvalue weighted by molar-refractivity contribution is -0.137. The lowest BCUT2D eigenvalue weighted by Gasteiger charge is -2.45. The molecular formula is C25H34F3N3O3. The molecule has 0 aliphatic carbocycles. The molecule has 3 fully saturated rings. The maximum absolute atomic E-state index is 13.6. The Kier molecular flexibility index (Phi) is 8.03. The summed E-state index contributed by atoms with van der Waals surface area (Å²) in [4.78, 5) is 4.63. The van der Waals surface area contributed by atoms with Crippen molar-refractivity contribution in [3.63, 3.8) is 0 Å². The van der Waals surface area contributed by atoms with Crippen molar-refractivity contribution in [3.8, 4) is 6.07 Å². The molecule has 6 nitrogen and oxygen atoms in total. The van der Waals surface area contributed by atoms with Crippen LogP contribution >= 0.6 is 0 Å². The number of hydrogen-bond acceptors (Lipinski definition) is 6. The van der Waals surface area contributed by atoms with E-state index in [1.165, 1.54) is 6.07 Å². The second kappa shape index (κ2) is 10.8. The summed E-state index contributed by atoms with van der Waals surface area (Å²) in [6, 6.07) is 6.31. The van der Waals surface area contributed by atoms with E-state index >= 15 is 0 Å². The normalized spacial score (nSPS) is 24.0. The van der Waals surface area contributed by atoms with Crippen LogP contribution in [0.25, 0.3) is 0 Å². The predicted octanol–water partition coefficient (Wildman–Crippen LogP) is 3.94. The molecule has 0 bridgehead atoms. The van der Waals surface area contributed by atoms with Gasteiger partial charge in [0.15, 0.2) is 0 Å². The number of anilines is 1. The standard InChI is InChI=1S/C25H34F3N3O3/c1-32-12-13-34-17-20-16-31(22-3-2-19(15-29)23(14-22)25(26,27)28)18-24(20)6-8-30(9-7-24)21-4-10-33-11-5-21/h2-3,14,20-21H,4-13,16-18H2,1H3. The topological polar surface area (TPSA) is 58.0 Å². The molecule has 1 aromatic rings. The van der Waals surface area contributed by atoms with Crippen LogP contribution in [0, 0.1) is 22.7 Å². The second-order valence-corrected chi connectivity index (χ2v) is 9.73. The first-order chi connectivity index (χ1) is 16.4. The van der Waals surface area contributed by atoms with Crippen LogP contribution in [-0.4, -0.2) is 77.3 Å². The minimum absolute atomic E-state index is 0.00103. The van der Waals surface area contributed by atoms with Gasteiger partial charge in [0.25, 0.3) is 0 Å². The minimum Gasteiger partial charge on any atom is -0.382 e. The number of hydrogen-bond donors (Lipinski definition) is 0. The molecule has 188 valence electrons. The number of halogens is 3. The molecule has 1 aromatic carbocycles. The zero-order valence-corrected chi connectivity index (χ0v) is 19.8. The zero-order valence-electron chi connectivity index (χ0n) is 19.8. The van der Waals surface area contributed by atoms with Crippen molar-refractivity contribution >= 4 is 5.69 Å². The third-order valence-corrected chi connectivity index (χ3v) is 7.86. The molecule has 0 aromatic heterocycles. The van der Waals surface area contributed by atoms with Gasteiger partial charge in [0.1, 0.15) is 0 Å². The quantitative estimate of drug-likeness (QED) is 0.550. The van der Waals surface area contributed by atoms with Gasteiger partial charge in [-0.15, -0.1) is 0 Å². The average molecular weight is 482 g/mol. The summed E-state index contributed by atoms with van der Waals surface area (Å²) in [5, 5.41) is 9.15. The van der Waals surface area contributed by atoms with Gasteiger partial charge in [-0.05, 0) is 62.4 Å². The lowest BCUT2D eigenvalue weighted by atomic mass is 9.71. The molecule has 0 N–H and O–H groups in total. The molecule has 1 unspecified atom stereocenters. The Morgan fingerprint density at radius 2 is 1.91 bits per heavy atom. The van der Waals surface area contributed by atoms with Crippen molar-refractivity contribution < 1.29 is 27.4 Å². The summed E-state index contributed by atoms with van der Waals surface area (Å²) >= 11 is 0. The molecule has 1 atom stereocenters. The highest BCUT2D eigenvalue weighted by Gasteiger charge is 2.49. The maximum Gasteiger partial charge on any atom is 0.417 e. The second-order valence-electron chi connectivity index (χ2n) is 9.73. The van der Waals surface area contributed by atoms with E-state index < -0.39 is 11.7 Å². The lowest BCUT2D eigenvalue weighted by Crippen LogP contribution is -2.50. The van der Waals surface area contributed by atoms with Crippen LogP contribution < -0.4 is 4.90 Å². The van der Waals surface area contributed by atoms with E-state index in [2.05, 4.69) is 9.80 Å². The van der Waals surface area contributed by atoms with Crippen LogP contribution in [-0.2, 0) is 20.4 Å². The smallest absolute Gasteiger partial charge is 0.382 e. The van der Waals surface area contributed by atoms with Gasteiger partial charge in [0.2, 0.25) is 0 Å². The van der Waals surface area contributed by atoms with E-state index in [1.54, 1.807) is 19.2 Å². The fourth-order valence-corrected chi connectivity index (χ4v) is 5.84. The van der Waals surface area contributed by atoms with Gasteiger partial charge in [0.05, 0.1) is 37.0 Å². The van der Waals surface area contributed by atoms with E-state index in [4.69, 9.17) is 19.5 Å². The van der Waals surface area contributed by atoms with Crippen LogP contribution in [0.15, 0.2) is 18.2 Å². The Labute approximate surface area is 199 Å². The first-order valence-corrected chi connectivity index (χ1v) is 12.1. The Bertz CT molecular complexity index is 859. The summed E-state index contributed by atoms with van der Waals surface area (Å²) in [7, 11) is 1.64. The number of ether oxygens (including phenoxy) is 3. The van der Waals surface area contributed by atoms with Crippen LogP contribution in [0.3, 0.4) is 0 Å². The van der Waals surface area contributed by atoms with E-state index in [0.717, 1.165) is 58.1 Å². The van der Waals surface area contributed by atoms with Gasteiger partial charge < -0.3 is 24.0 Å². The number of nitrogens with zero attached hydrogens (tertiary/aromatic N) is 3. The molecule has 3 saturated heterocycles. The van der Waals surface area contributed by atoms with E-state index in [0.29, 0.717) is 44.6 Å². The molecule has 34 heavy (non-hydrogen) atoms. The number of nitriles is 1. The molecule has 0 amide bonds. The summed E-state index contributed by atoms with van der Waals surface area (Å²) in [5.74, 6) is 0.228. The van der Waals surface area contributed by atoms with Gasteiger partial charge in [-0.25, -0.2) is 0 Å². The Balaban J connectivity index is 1.51. The monoisotopic (exact) mass is 481 g/mol. The number of piperidine rings is 1. The highest BCUT2D eigenvalue weighted by molar-refractivity contribution is 5.56. The number of methoxy groups -OCH3 is 1. The van der Waals surface area contributed by atoms with Crippen LogP contribution in [0.5, 0.6) is 0 Å². The van der Waals surface area contributed by atoms with Gasteiger partial charge in [-0.2, -0.15) is 18.4 Å². The highest BCUT2D eigenvalue weighted by atomic mass is 19.4. The molecule has 3 aliphatic rings. The molecule has 4 rings (SSSR count). The molecule has 1 spiro atoms. The summed E-state index contributed by atoms with van der Waals surface area (Å²) in [6.07, 6.45) is -0.429. The van der Waals surface area contributed by atoms with E-state index in [9.17, 15) is 13.2 Å². The summed E-state index contributed by atoms with van der Waals surface area (Å²) in [5.41, 5.74) is -0.678. The molecular weight excluding hydrogens is 447 g/mol. The molecule has 3 aliphatic heterocycles. The SMILES string of the molecule is COCCOCC1CN(c2ccc(C#N)c(C(F)(F)F)c2)CC12CCN(C1CCOCC1)CC2. The molecule has 3 heterocycles. The van der Waals surface area contributed by atoms with Gasteiger partial charge in [-0.1, -0.05) is 0 Å². The van der Waals surface area contributed by atoms with Crippen molar-refractivity contribution in [2.75, 3.05) is 71.2 Å². The largest absolute Gasteiger partial charge is 0.417 e. The van der Waals surface area contributed by atoms with E-state index in [-0.39, 0.29) is 16.9 Å². The number of benzene rings is 1. The highest BCUT2D eigenvalue weighted by Crippen LogP contribution is 2.47. The Morgan fingerprint density at radius 1 is 1.18 bits per heavy atom. The fourth-order valence-electron chi connectivity index (χ4n) is 5.84. The van der Waals surface area contributed by atoms with Gasteiger partial charge in [-0.3, -0.25) is 0 Å². The van der Waals surface area contributed by atoms with Crippen molar-refractivity contribution in [1.82, 2.24) is 4.90 Å². The maximum atomic E-state index is 13.6. The molecule has 0 saturated carbocycles. The molecule has 9 heteroatoms. The first-order valence-electron chi connectivity index (χ1n) is 12.1. The minimum atomic E-state index is -4.56. The number of alkyl halides is 3. The van der Waals surface area contributed by atoms with Crippen LogP contribution in [0.2, 0.25) is 0 Å². The van der Waals surface area contributed by atoms with E-state index in [1.807, 2.05) is 0 Å². The van der Waals surface area contributed by atoms with Crippen LogP contribution in [0.1, 0.15) is 36.8 Å². The Morgan fingerprint density at radius 3 is 2.56 bits per heavy atom. The van der Waals surface area contributed by atoms with Gasteiger partial charge >= 0.3 is 6.18 Å². The average Bonchev–Trinajstić information content (AvgIpc) is 3.19. The van der Waals surface area contributed by atoms with Crippen molar-refractivity contribution in [2.45, 2.75) is 37.9 Å². The fraction of sp³-hybridized carbons (Fsp3) is 0.720. The van der Waals surface area contributed by atoms with Gasteiger partial charge in [0, 0.05) is 51.1 Å². The Hall–Kier alpha value is -1.86. The van der Waals surface area contributed by atoms with Crippen molar-refractivity contribution in [2.24, 2.45) is 11.3 Å². The predicted molar refractivity (Wildman–Crippen MR) is 122 cm³/mol. The molecule has 0 radical (unpaired) electrons. The third kappa shape index (κ3) is 5.51. The first kappa shape index (κ1) is 25.2. The van der Waals surface area contributed by atoms with Crippen LogP contribution in [0.4, 0.5) is 18.9 Å². The van der Waals surface area contributed by atoms with Crippen molar-refractivity contribution in [3.05, 3.63) is 29.3 Å². The third-order valence-electron chi connectivity index (χ3n) is 7.86. The zero-order chi connectivity index (χ0) is 24.2. The summed E-state index contributed by atoms with van der Waals surface area (Å²) in [6.45, 7) is 6.57. The number of rotatable bonds is 7. The number of likely N-dealkylation sites (tertiary alicyclic amines) is 1. The van der Waals surface area contributed by atoms with Crippen molar-refractivity contribution in [1.29, 1.82) is 5.26 Å².